The number of nitrogens with zero attached hydrogens (tertiary/aromatic N) is 1. The van der Waals surface area contributed by atoms with Crippen LogP contribution in [0, 0.1) is 11.2 Å². The van der Waals surface area contributed by atoms with E-state index < -0.39 is 59.1 Å². The Balaban J connectivity index is 1.51. The predicted molar refractivity (Wildman–Crippen MR) is 155 cm³/mol. The molecule has 5 rings (SSSR count). The van der Waals surface area contributed by atoms with Crippen LogP contribution in [0.5, 0.6) is 0 Å². The Morgan fingerprint density at radius 1 is 0.957 bits per heavy atom. The maximum atomic E-state index is 16.1. The molecule has 5 nitrogen and oxygen atoms in total. The zero-order chi connectivity index (χ0) is 33.8. The second-order valence-electron chi connectivity index (χ2n) is 12.5. The number of halogens is 7. The first-order chi connectivity index (χ1) is 21.4. The van der Waals surface area contributed by atoms with E-state index in [-0.39, 0.29) is 34.7 Å². The van der Waals surface area contributed by atoms with E-state index >= 15 is 4.39 Å². The minimum atomic E-state index is -5.06. The summed E-state index contributed by atoms with van der Waals surface area (Å²) in [7, 11) is 0. The van der Waals surface area contributed by atoms with Gasteiger partial charge in [-0.1, -0.05) is 44.2 Å². The Morgan fingerprint density at radius 2 is 1.54 bits per heavy atom. The number of cyclic esters (lactones) is 1. The molecule has 1 aliphatic heterocycles. The summed E-state index contributed by atoms with van der Waals surface area (Å²) >= 11 is 0. The van der Waals surface area contributed by atoms with Crippen molar-refractivity contribution in [1.29, 1.82) is 0 Å². The van der Waals surface area contributed by atoms with Crippen molar-refractivity contribution in [2.45, 2.75) is 64.5 Å². The second-order valence-corrected chi connectivity index (χ2v) is 12.5. The van der Waals surface area contributed by atoms with Crippen LogP contribution >= 0.6 is 0 Å². The molecule has 2 atom stereocenters. The average molecular weight is 650 g/mol. The van der Waals surface area contributed by atoms with Crippen LogP contribution in [0.4, 0.5) is 35.5 Å². The van der Waals surface area contributed by atoms with Gasteiger partial charge in [-0.3, -0.25) is 4.90 Å². The van der Waals surface area contributed by atoms with Gasteiger partial charge in [-0.05, 0) is 84.2 Å². The van der Waals surface area contributed by atoms with Gasteiger partial charge < -0.3 is 9.84 Å². The molecule has 0 spiro atoms. The number of carboxylic acid groups (broad SMARTS) is 1. The Bertz CT molecular complexity index is 1680. The fourth-order valence-corrected chi connectivity index (χ4v) is 6.18. The number of hydrogen-bond acceptors (Lipinski definition) is 3. The summed E-state index contributed by atoms with van der Waals surface area (Å²) in [6.07, 6.45) is -10.9. The maximum Gasteiger partial charge on any atom is 0.416 e. The predicted octanol–water partition coefficient (Wildman–Crippen LogP) is 9.77. The van der Waals surface area contributed by atoms with Crippen LogP contribution in [-0.4, -0.2) is 34.7 Å². The van der Waals surface area contributed by atoms with Crippen molar-refractivity contribution in [2.24, 2.45) is 5.41 Å². The molecule has 3 aromatic rings. The Hall–Kier alpha value is -4.35. The van der Waals surface area contributed by atoms with Gasteiger partial charge in [0.15, 0.2) is 0 Å². The zero-order valence-electron chi connectivity index (χ0n) is 25.0. The van der Waals surface area contributed by atoms with E-state index in [4.69, 9.17) is 4.74 Å². The number of carboxylic acids is 1. The number of amides is 1. The summed E-state index contributed by atoms with van der Waals surface area (Å²) in [5, 5.41) is 9.20. The lowest BCUT2D eigenvalue weighted by molar-refractivity contribution is -0.143. The first-order valence-corrected chi connectivity index (χ1v) is 14.5. The highest BCUT2D eigenvalue weighted by Crippen LogP contribution is 2.46. The van der Waals surface area contributed by atoms with Crippen LogP contribution in [0.3, 0.4) is 0 Å². The van der Waals surface area contributed by atoms with Crippen molar-refractivity contribution in [1.82, 2.24) is 4.90 Å². The number of ether oxygens (including phenoxy) is 1. The normalized spacial score (nSPS) is 20.2. The Kier molecular flexibility index (Phi) is 8.46. The van der Waals surface area contributed by atoms with E-state index in [2.05, 4.69) is 0 Å². The first-order valence-electron chi connectivity index (χ1n) is 14.5. The monoisotopic (exact) mass is 649 g/mol. The minimum Gasteiger partial charge on any atom is -0.478 e. The SMILES string of the molecule is C[C@H]1[C@@H](c2cc(C(F)(F)F)cc(C(F)(F)F)c2)OC(=O)N1CC1=C(c2cccc(-c3ccc(C(=O)O)cc3)c2F)CCC(C)(C)C1. The fraction of sp³-hybridized carbons (Fsp3) is 0.353. The van der Waals surface area contributed by atoms with Crippen molar-refractivity contribution >= 4 is 17.6 Å². The van der Waals surface area contributed by atoms with Crippen molar-refractivity contribution in [3.8, 4) is 11.1 Å². The third-order valence-electron chi connectivity index (χ3n) is 8.63. The molecule has 1 saturated heterocycles. The molecular weight excluding hydrogens is 619 g/mol. The van der Waals surface area contributed by atoms with Crippen molar-refractivity contribution < 1.29 is 50.2 Å². The van der Waals surface area contributed by atoms with Crippen LogP contribution in [0.1, 0.15) is 78.7 Å². The summed E-state index contributed by atoms with van der Waals surface area (Å²) in [6, 6.07) is 10.8. The number of allylic oxidation sites excluding steroid dienone is 1. The number of carbonyl (C=O) groups excluding carboxylic acids is 1. The second kappa shape index (κ2) is 11.8. The molecule has 1 heterocycles. The van der Waals surface area contributed by atoms with E-state index in [0.29, 0.717) is 48.1 Å². The van der Waals surface area contributed by atoms with Gasteiger partial charge in [0.1, 0.15) is 11.9 Å². The molecule has 1 aliphatic carbocycles. The molecule has 0 radical (unpaired) electrons. The molecule has 3 aromatic carbocycles. The number of carbonyl (C=O) groups is 2. The molecule has 1 N–H and O–H groups in total. The van der Waals surface area contributed by atoms with E-state index in [1.165, 1.54) is 36.1 Å². The summed E-state index contributed by atoms with van der Waals surface area (Å²) in [4.78, 5) is 25.6. The van der Waals surface area contributed by atoms with Gasteiger partial charge in [-0.25, -0.2) is 14.0 Å². The van der Waals surface area contributed by atoms with Crippen LogP contribution in [0.2, 0.25) is 0 Å². The van der Waals surface area contributed by atoms with Gasteiger partial charge in [-0.15, -0.1) is 0 Å². The highest BCUT2D eigenvalue weighted by Gasteiger charge is 2.44. The number of alkyl halides is 6. The van der Waals surface area contributed by atoms with Gasteiger partial charge in [0, 0.05) is 17.7 Å². The molecule has 12 heteroatoms. The Labute approximate surface area is 260 Å². The summed E-state index contributed by atoms with van der Waals surface area (Å²) < 4.78 is 103. The lowest BCUT2D eigenvalue weighted by atomic mass is 9.72. The maximum absolute atomic E-state index is 16.1. The zero-order valence-corrected chi connectivity index (χ0v) is 25.0. The topological polar surface area (TPSA) is 66.8 Å². The van der Waals surface area contributed by atoms with Gasteiger partial charge in [0.2, 0.25) is 0 Å². The molecule has 46 heavy (non-hydrogen) atoms. The lowest BCUT2D eigenvalue weighted by Gasteiger charge is -2.35. The number of rotatable bonds is 6. The first kappa shape index (κ1) is 33.0. The van der Waals surface area contributed by atoms with E-state index in [0.717, 1.165) is 0 Å². The molecular formula is C34H30F7NO4. The quantitative estimate of drug-likeness (QED) is 0.270. The molecule has 0 bridgehead atoms. The van der Waals surface area contributed by atoms with Crippen LogP contribution in [-0.2, 0) is 17.1 Å². The van der Waals surface area contributed by atoms with Crippen LogP contribution in [0.25, 0.3) is 16.7 Å². The smallest absolute Gasteiger partial charge is 0.416 e. The summed E-state index contributed by atoms with van der Waals surface area (Å²) in [5.41, 5.74) is -1.32. The summed E-state index contributed by atoms with van der Waals surface area (Å²) in [6.45, 7) is 5.43. The lowest BCUT2D eigenvalue weighted by Crippen LogP contribution is -2.35. The highest BCUT2D eigenvalue weighted by atomic mass is 19.4. The molecule has 0 aromatic heterocycles. The fourth-order valence-electron chi connectivity index (χ4n) is 6.18. The van der Waals surface area contributed by atoms with Gasteiger partial charge in [-0.2, -0.15) is 26.3 Å². The Morgan fingerprint density at radius 3 is 2.11 bits per heavy atom. The van der Waals surface area contributed by atoms with E-state index in [9.17, 15) is 41.0 Å². The van der Waals surface area contributed by atoms with E-state index in [1.54, 1.807) is 18.2 Å². The number of hydrogen-bond donors (Lipinski definition) is 1. The average Bonchev–Trinajstić information content (AvgIpc) is 3.25. The van der Waals surface area contributed by atoms with Crippen molar-refractivity contribution in [3.05, 3.63) is 99.9 Å². The third kappa shape index (κ3) is 6.61. The van der Waals surface area contributed by atoms with Crippen LogP contribution < -0.4 is 0 Å². The largest absolute Gasteiger partial charge is 0.478 e. The molecule has 2 aliphatic rings. The van der Waals surface area contributed by atoms with Crippen molar-refractivity contribution in [3.63, 3.8) is 0 Å². The molecule has 0 unspecified atom stereocenters. The highest BCUT2D eigenvalue weighted by molar-refractivity contribution is 5.88. The van der Waals surface area contributed by atoms with Gasteiger partial charge in [0.05, 0.1) is 22.7 Å². The molecule has 1 fully saturated rings. The third-order valence-corrected chi connectivity index (χ3v) is 8.63. The van der Waals surface area contributed by atoms with Crippen molar-refractivity contribution in [2.75, 3.05) is 6.54 Å². The molecule has 244 valence electrons. The standard InChI is InChI=1S/C34H30F7NO4/c1-18-29(21-13-23(33(36,37)38)15-24(14-21)34(39,40)41)46-31(45)42(18)17-22-16-32(2,3)12-11-25(22)27-6-4-5-26(28(27)35)19-7-9-20(10-8-19)30(43)44/h4-10,13-15,18,29H,11-12,16-17H2,1-3H3,(H,43,44)/t18-,29-/m0/s1. The van der Waals surface area contributed by atoms with Gasteiger partial charge >= 0.3 is 24.4 Å². The summed E-state index contributed by atoms with van der Waals surface area (Å²) in [5.74, 6) is -1.66. The molecule has 0 saturated carbocycles. The van der Waals surface area contributed by atoms with Gasteiger partial charge in [0.25, 0.3) is 0 Å². The number of aromatic carboxylic acids is 1. The minimum absolute atomic E-state index is 0.0209. The van der Waals surface area contributed by atoms with Crippen LogP contribution in [0.15, 0.2) is 66.2 Å². The number of benzene rings is 3. The molecule has 1 amide bonds. The van der Waals surface area contributed by atoms with E-state index in [1.807, 2.05) is 13.8 Å².